The van der Waals surface area contributed by atoms with Gasteiger partial charge >= 0.3 is 0 Å². The van der Waals surface area contributed by atoms with Crippen molar-refractivity contribution in [2.75, 3.05) is 11.9 Å². The highest BCUT2D eigenvalue weighted by atomic mass is 16.6. The largest absolute Gasteiger partial charge is 0.394 e. The van der Waals surface area contributed by atoms with Crippen LogP contribution < -0.4 is 5.32 Å². The Morgan fingerprint density at radius 2 is 1.88 bits per heavy atom. The Kier molecular flexibility index (Phi) is 4.56. The molecule has 8 heteroatoms. The highest BCUT2D eigenvalue weighted by Crippen LogP contribution is 2.33. The molecule has 4 rings (SSSR count). The molecule has 2 unspecified atom stereocenters. The quantitative estimate of drug-likeness (QED) is 0.531. The lowest BCUT2D eigenvalue weighted by molar-refractivity contribution is -0.0508. The Labute approximate surface area is 149 Å². The van der Waals surface area contributed by atoms with Crippen molar-refractivity contribution in [2.45, 2.75) is 31.1 Å². The Morgan fingerprint density at radius 1 is 1.08 bits per heavy atom. The molecule has 2 aromatic heterocycles. The molecule has 0 radical (unpaired) electrons. The van der Waals surface area contributed by atoms with E-state index in [1.54, 1.807) is 10.8 Å². The summed E-state index contributed by atoms with van der Waals surface area (Å²) in [6.07, 6.45) is -0.791. The number of aliphatic hydroxyl groups excluding tert-OH is 3. The SMILES string of the molecule is OC[C@H]1O[C@@H](n2ccc3c(NCc4ccccc4)ncnc32)C(O)C1O. The first-order chi connectivity index (χ1) is 12.7. The maximum Gasteiger partial charge on any atom is 0.164 e. The summed E-state index contributed by atoms with van der Waals surface area (Å²) in [4.78, 5) is 8.59. The van der Waals surface area contributed by atoms with Crippen molar-refractivity contribution < 1.29 is 20.1 Å². The average molecular weight is 356 g/mol. The number of aromatic nitrogens is 3. The predicted octanol–water partition coefficient (Wildman–Crippen LogP) is 0.655. The Hall–Kier alpha value is -2.52. The van der Waals surface area contributed by atoms with Gasteiger partial charge in [0.2, 0.25) is 0 Å². The summed E-state index contributed by atoms with van der Waals surface area (Å²) in [5.74, 6) is 0.671. The molecule has 1 saturated heterocycles. The number of fused-ring (bicyclic) bond motifs is 1. The molecule has 1 aliphatic rings. The molecule has 4 N–H and O–H groups in total. The lowest BCUT2D eigenvalue weighted by Gasteiger charge is -2.17. The number of hydrogen-bond donors (Lipinski definition) is 4. The van der Waals surface area contributed by atoms with Crippen molar-refractivity contribution >= 4 is 16.9 Å². The van der Waals surface area contributed by atoms with Crippen LogP contribution in [0.1, 0.15) is 11.8 Å². The third kappa shape index (κ3) is 2.93. The molecular formula is C18H20N4O4. The molecule has 0 saturated carbocycles. The lowest BCUT2D eigenvalue weighted by atomic mass is 10.1. The number of rotatable bonds is 5. The molecule has 3 aromatic rings. The molecule has 0 bridgehead atoms. The summed E-state index contributed by atoms with van der Waals surface area (Å²) in [5, 5.41) is 33.5. The van der Waals surface area contributed by atoms with Crippen LogP contribution in [0.5, 0.6) is 0 Å². The van der Waals surface area contributed by atoms with Crippen LogP contribution in [0.25, 0.3) is 11.0 Å². The van der Waals surface area contributed by atoms with Gasteiger partial charge in [-0.05, 0) is 11.6 Å². The van der Waals surface area contributed by atoms with Gasteiger partial charge in [0.1, 0.15) is 36.1 Å². The zero-order valence-electron chi connectivity index (χ0n) is 13.9. The van der Waals surface area contributed by atoms with Gasteiger partial charge in [0.15, 0.2) is 6.23 Å². The fraction of sp³-hybridized carbons (Fsp3) is 0.333. The van der Waals surface area contributed by atoms with Crippen LogP contribution in [-0.4, -0.2) is 54.8 Å². The minimum atomic E-state index is -1.15. The van der Waals surface area contributed by atoms with Gasteiger partial charge in [-0.2, -0.15) is 0 Å². The Balaban J connectivity index is 1.61. The number of nitrogens with zero attached hydrogens (tertiary/aromatic N) is 3. The Morgan fingerprint density at radius 3 is 2.62 bits per heavy atom. The van der Waals surface area contributed by atoms with Crippen LogP contribution in [-0.2, 0) is 11.3 Å². The van der Waals surface area contributed by atoms with Crippen molar-refractivity contribution in [3.8, 4) is 0 Å². The van der Waals surface area contributed by atoms with Crippen molar-refractivity contribution in [3.63, 3.8) is 0 Å². The number of aliphatic hydroxyl groups is 3. The summed E-state index contributed by atoms with van der Waals surface area (Å²) in [6.45, 7) is 0.249. The molecule has 0 spiro atoms. The normalized spacial score (nSPS) is 25.7. The average Bonchev–Trinajstić information content (AvgIpc) is 3.23. The molecule has 1 aliphatic heterocycles. The van der Waals surface area contributed by atoms with E-state index < -0.39 is 24.5 Å². The molecule has 8 nitrogen and oxygen atoms in total. The first kappa shape index (κ1) is 16.9. The highest BCUT2D eigenvalue weighted by Gasteiger charge is 2.43. The molecule has 3 heterocycles. The van der Waals surface area contributed by atoms with Gasteiger partial charge in [-0.15, -0.1) is 0 Å². The van der Waals surface area contributed by atoms with Gasteiger partial charge in [0, 0.05) is 12.7 Å². The van der Waals surface area contributed by atoms with E-state index in [1.165, 1.54) is 6.33 Å². The second-order valence-corrected chi connectivity index (χ2v) is 6.25. The smallest absolute Gasteiger partial charge is 0.164 e. The molecule has 0 amide bonds. The molecule has 4 atom stereocenters. The molecule has 0 aliphatic carbocycles. The molecule has 1 aromatic carbocycles. The van der Waals surface area contributed by atoms with E-state index in [1.807, 2.05) is 36.4 Å². The predicted molar refractivity (Wildman–Crippen MR) is 94.3 cm³/mol. The molecule has 136 valence electrons. The number of anilines is 1. The van der Waals surface area contributed by atoms with Crippen molar-refractivity contribution in [3.05, 3.63) is 54.5 Å². The number of ether oxygens (including phenoxy) is 1. The van der Waals surface area contributed by atoms with E-state index in [0.717, 1.165) is 10.9 Å². The number of nitrogens with one attached hydrogen (secondary N) is 1. The summed E-state index contributed by atoms with van der Waals surface area (Å²) < 4.78 is 7.24. The summed E-state index contributed by atoms with van der Waals surface area (Å²) in [6, 6.07) is 11.8. The minimum absolute atomic E-state index is 0.368. The van der Waals surface area contributed by atoms with E-state index in [4.69, 9.17) is 4.74 Å². The second-order valence-electron chi connectivity index (χ2n) is 6.25. The van der Waals surface area contributed by atoms with Crippen LogP contribution >= 0.6 is 0 Å². The Bertz CT molecular complexity index is 885. The third-order valence-corrected chi connectivity index (χ3v) is 4.60. The van der Waals surface area contributed by atoms with Crippen molar-refractivity contribution in [1.29, 1.82) is 0 Å². The van der Waals surface area contributed by atoms with Crippen LogP contribution in [0.2, 0.25) is 0 Å². The van der Waals surface area contributed by atoms with E-state index in [-0.39, 0.29) is 6.61 Å². The molecule has 1 fully saturated rings. The van der Waals surface area contributed by atoms with E-state index in [2.05, 4.69) is 15.3 Å². The molecular weight excluding hydrogens is 336 g/mol. The molecule has 26 heavy (non-hydrogen) atoms. The van der Waals surface area contributed by atoms with Gasteiger partial charge in [-0.25, -0.2) is 9.97 Å². The topological polar surface area (TPSA) is 113 Å². The zero-order valence-corrected chi connectivity index (χ0v) is 13.9. The van der Waals surface area contributed by atoms with Gasteiger partial charge < -0.3 is 29.9 Å². The summed E-state index contributed by atoms with van der Waals surface area (Å²) in [5.41, 5.74) is 1.70. The van der Waals surface area contributed by atoms with Gasteiger partial charge in [0.05, 0.1) is 12.0 Å². The van der Waals surface area contributed by atoms with Crippen LogP contribution in [0.3, 0.4) is 0 Å². The second kappa shape index (κ2) is 7.00. The first-order valence-electron chi connectivity index (χ1n) is 8.41. The van der Waals surface area contributed by atoms with Gasteiger partial charge in [0.25, 0.3) is 0 Å². The van der Waals surface area contributed by atoms with Gasteiger partial charge in [-0.3, -0.25) is 0 Å². The van der Waals surface area contributed by atoms with Crippen molar-refractivity contribution in [1.82, 2.24) is 14.5 Å². The van der Waals surface area contributed by atoms with E-state index >= 15 is 0 Å². The summed E-state index contributed by atoms with van der Waals surface area (Å²) in [7, 11) is 0. The fourth-order valence-electron chi connectivity index (χ4n) is 3.21. The fourth-order valence-corrected chi connectivity index (χ4v) is 3.21. The third-order valence-electron chi connectivity index (χ3n) is 4.60. The van der Waals surface area contributed by atoms with Gasteiger partial charge in [-0.1, -0.05) is 30.3 Å². The number of benzene rings is 1. The first-order valence-corrected chi connectivity index (χ1v) is 8.41. The van der Waals surface area contributed by atoms with E-state index in [9.17, 15) is 15.3 Å². The zero-order chi connectivity index (χ0) is 18.1. The highest BCUT2D eigenvalue weighted by molar-refractivity contribution is 5.87. The monoisotopic (exact) mass is 356 g/mol. The van der Waals surface area contributed by atoms with Crippen LogP contribution in [0.15, 0.2) is 48.9 Å². The standard InChI is InChI=1S/C18H20N4O4/c23-9-13-14(24)15(25)18(26-13)22-7-6-12-16(20-10-21-17(12)22)19-8-11-4-2-1-3-5-11/h1-7,10,13-15,18,23-25H,8-9H2,(H,19,20,21)/t13-,14?,15?,18-/m1/s1. The van der Waals surface area contributed by atoms with Crippen LogP contribution in [0, 0.1) is 0 Å². The maximum atomic E-state index is 10.2. The lowest BCUT2D eigenvalue weighted by Crippen LogP contribution is -2.33. The summed E-state index contributed by atoms with van der Waals surface area (Å²) >= 11 is 0. The minimum Gasteiger partial charge on any atom is -0.394 e. The maximum absolute atomic E-state index is 10.2. The number of hydrogen-bond acceptors (Lipinski definition) is 7. The van der Waals surface area contributed by atoms with Crippen molar-refractivity contribution in [2.24, 2.45) is 0 Å². The van der Waals surface area contributed by atoms with Crippen LogP contribution in [0.4, 0.5) is 5.82 Å². The van der Waals surface area contributed by atoms with E-state index in [0.29, 0.717) is 18.0 Å².